The minimum absolute atomic E-state index is 0.305. The third-order valence-corrected chi connectivity index (χ3v) is 3.63. The topological polar surface area (TPSA) is 26.3 Å². The third-order valence-electron chi connectivity index (χ3n) is 3.30. The lowest BCUT2D eigenvalue weighted by Gasteiger charge is -2.03. The Bertz CT molecular complexity index is 441. The summed E-state index contributed by atoms with van der Waals surface area (Å²) in [5.41, 5.74) is 0.420. The number of halogens is 1. The number of benzene rings is 1. The lowest BCUT2D eigenvalue weighted by molar-refractivity contribution is 0.0549. The van der Waals surface area contributed by atoms with Crippen LogP contribution in [0.3, 0.4) is 0 Å². The summed E-state index contributed by atoms with van der Waals surface area (Å²) in [6.45, 7) is 2.53. The van der Waals surface area contributed by atoms with Gasteiger partial charge in [-0.1, -0.05) is 74.9 Å². The van der Waals surface area contributed by atoms with Crippen LogP contribution in [0.1, 0.15) is 62.2 Å². The molecule has 0 aliphatic carbocycles. The highest BCUT2D eigenvalue weighted by Crippen LogP contribution is 2.15. The molecule has 0 heterocycles. The van der Waals surface area contributed by atoms with E-state index in [0.717, 1.165) is 6.42 Å². The van der Waals surface area contributed by atoms with Gasteiger partial charge in [-0.15, -0.1) is 0 Å². The lowest BCUT2D eigenvalue weighted by Crippen LogP contribution is -2.05. The van der Waals surface area contributed by atoms with Crippen molar-refractivity contribution in [2.75, 3.05) is 6.61 Å². The Kier molecular flexibility index (Phi) is 9.64. The van der Waals surface area contributed by atoms with Gasteiger partial charge >= 0.3 is 5.97 Å². The van der Waals surface area contributed by atoms with Gasteiger partial charge in [-0.25, -0.2) is 4.79 Å². The van der Waals surface area contributed by atoms with Gasteiger partial charge < -0.3 is 4.74 Å². The second kappa shape index (κ2) is 11.4. The molecular weight excluding hydrogens is 284 g/mol. The second-order valence-electron chi connectivity index (χ2n) is 5.11. The van der Waals surface area contributed by atoms with Crippen LogP contribution in [0.2, 0.25) is 5.02 Å². The van der Waals surface area contributed by atoms with E-state index in [4.69, 9.17) is 16.3 Å². The minimum atomic E-state index is -0.371. The highest BCUT2D eigenvalue weighted by Gasteiger charge is 2.09. The van der Waals surface area contributed by atoms with E-state index in [2.05, 4.69) is 13.0 Å². The Morgan fingerprint density at radius 1 is 1.10 bits per heavy atom. The number of hydrogen-bond acceptors (Lipinski definition) is 2. The summed E-state index contributed by atoms with van der Waals surface area (Å²) < 4.78 is 5.16. The largest absolute Gasteiger partial charge is 0.458 e. The van der Waals surface area contributed by atoms with Gasteiger partial charge in [0.15, 0.2) is 0 Å². The fourth-order valence-electron chi connectivity index (χ4n) is 2.06. The number of unbranched alkanes of at least 4 members (excludes halogenated alkanes) is 6. The van der Waals surface area contributed by atoms with Crippen molar-refractivity contribution in [3.05, 3.63) is 47.0 Å². The number of rotatable bonds is 10. The van der Waals surface area contributed by atoms with Crippen molar-refractivity contribution in [2.45, 2.75) is 51.9 Å². The molecule has 0 amide bonds. The highest BCUT2D eigenvalue weighted by molar-refractivity contribution is 6.33. The quantitative estimate of drug-likeness (QED) is 0.310. The van der Waals surface area contributed by atoms with Crippen molar-refractivity contribution in [1.29, 1.82) is 0 Å². The molecule has 1 aromatic rings. The summed E-state index contributed by atoms with van der Waals surface area (Å²) in [5, 5.41) is 0.429. The molecule has 3 heteroatoms. The molecule has 1 rings (SSSR count). The van der Waals surface area contributed by atoms with Crippen LogP contribution in [0.15, 0.2) is 36.4 Å². The molecule has 0 saturated heterocycles. The van der Waals surface area contributed by atoms with Crippen LogP contribution in [-0.4, -0.2) is 12.6 Å². The molecule has 21 heavy (non-hydrogen) atoms. The zero-order valence-electron chi connectivity index (χ0n) is 12.8. The summed E-state index contributed by atoms with van der Waals surface area (Å²) in [5.74, 6) is -0.371. The van der Waals surface area contributed by atoms with Crippen molar-refractivity contribution in [2.24, 2.45) is 0 Å². The zero-order valence-corrected chi connectivity index (χ0v) is 13.6. The van der Waals surface area contributed by atoms with E-state index < -0.39 is 0 Å². The lowest BCUT2D eigenvalue weighted by atomic mass is 10.1. The van der Waals surface area contributed by atoms with E-state index in [1.807, 2.05) is 6.08 Å². The van der Waals surface area contributed by atoms with Gasteiger partial charge in [0.25, 0.3) is 0 Å². The van der Waals surface area contributed by atoms with Crippen LogP contribution in [-0.2, 0) is 4.74 Å². The summed E-state index contributed by atoms with van der Waals surface area (Å²) in [7, 11) is 0. The summed E-state index contributed by atoms with van der Waals surface area (Å²) in [4.78, 5) is 11.8. The van der Waals surface area contributed by atoms with Gasteiger partial charge in [0.1, 0.15) is 6.61 Å². The van der Waals surface area contributed by atoms with Crippen molar-refractivity contribution >= 4 is 17.6 Å². The normalized spacial score (nSPS) is 11.0. The van der Waals surface area contributed by atoms with E-state index in [-0.39, 0.29) is 5.97 Å². The SMILES string of the molecule is CCCCCCCC/C=C/COC(=O)c1ccccc1Cl. The van der Waals surface area contributed by atoms with Gasteiger partial charge in [0.05, 0.1) is 10.6 Å². The third kappa shape index (κ3) is 7.91. The molecule has 0 N–H and O–H groups in total. The van der Waals surface area contributed by atoms with Crippen molar-refractivity contribution in [1.82, 2.24) is 0 Å². The van der Waals surface area contributed by atoms with Crippen LogP contribution in [0.25, 0.3) is 0 Å². The highest BCUT2D eigenvalue weighted by atomic mass is 35.5. The van der Waals surface area contributed by atoms with E-state index in [1.54, 1.807) is 24.3 Å². The number of hydrogen-bond donors (Lipinski definition) is 0. The van der Waals surface area contributed by atoms with Crippen molar-refractivity contribution in [3.8, 4) is 0 Å². The molecular formula is C18H25ClO2. The monoisotopic (exact) mass is 308 g/mol. The Hall–Kier alpha value is -1.28. The number of ether oxygens (including phenoxy) is 1. The fourth-order valence-corrected chi connectivity index (χ4v) is 2.27. The molecule has 116 valence electrons. The maximum absolute atomic E-state index is 11.8. The van der Waals surface area contributed by atoms with E-state index >= 15 is 0 Å². The first-order valence-corrected chi connectivity index (χ1v) is 8.20. The number of allylic oxidation sites excluding steroid dienone is 1. The molecule has 1 aromatic carbocycles. The summed E-state index contributed by atoms with van der Waals surface area (Å²) in [6, 6.07) is 6.92. The Balaban J connectivity index is 2.09. The number of carbonyl (C=O) groups excluding carboxylic acids is 1. The predicted molar refractivity (Wildman–Crippen MR) is 88.9 cm³/mol. The van der Waals surface area contributed by atoms with Gasteiger partial charge in [0.2, 0.25) is 0 Å². The van der Waals surface area contributed by atoms with Gasteiger partial charge in [0, 0.05) is 0 Å². The summed E-state index contributed by atoms with van der Waals surface area (Å²) >= 11 is 5.93. The zero-order chi connectivity index (χ0) is 15.3. The predicted octanol–water partition coefficient (Wildman–Crippen LogP) is 5.80. The average molecular weight is 309 g/mol. The molecule has 0 bridgehead atoms. The molecule has 0 saturated carbocycles. The minimum Gasteiger partial charge on any atom is -0.458 e. The molecule has 0 aliphatic heterocycles. The molecule has 0 radical (unpaired) electrons. The summed E-state index contributed by atoms with van der Waals surface area (Å²) in [6.07, 6.45) is 12.8. The Labute approximate surface area is 133 Å². The smallest absolute Gasteiger partial charge is 0.339 e. The molecule has 0 aliphatic rings. The molecule has 0 unspecified atom stereocenters. The standard InChI is InChI=1S/C18H25ClO2/c1-2-3-4-5-6-7-8-9-12-15-21-18(20)16-13-10-11-14-17(16)19/h9-14H,2-8,15H2,1H3/b12-9+. The fraction of sp³-hybridized carbons (Fsp3) is 0.500. The first-order chi connectivity index (χ1) is 10.3. The van der Waals surface area contributed by atoms with Gasteiger partial charge in [-0.05, 0) is 25.0 Å². The number of esters is 1. The van der Waals surface area contributed by atoms with Gasteiger partial charge in [-0.2, -0.15) is 0 Å². The number of carbonyl (C=O) groups is 1. The van der Waals surface area contributed by atoms with Crippen LogP contribution >= 0.6 is 11.6 Å². The first kappa shape index (κ1) is 17.8. The maximum Gasteiger partial charge on any atom is 0.339 e. The van der Waals surface area contributed by atoms with Crippen LogP contribution in [0, 0.1) is 0 Å². The van der Waals surface area contributed by atoms with Crippen LogP contribution in [0.5, 0.6) is 0 Å². The Morgan fingerprint density at radius 3 is 2.57 bits per heavy atom. The maximum atomic E-state index is 11.8. The average Bonchev–Trinajstić information content (AvgIpc) is 2.49. The molecule has 0 fully saturated rings. The molecule has 2 nitrogen and oxygen atoms in total. The van der Waals surface area contributed by atoms with Crippen LogP contribution in [0.4, 0.5) is 0 Å². The van der Waals surface area contributed by atoms with E-state index in [1.165, 1.54) is 38.5 Å². The van der Waals surface area contributed by atoms with Crippen molar-refractivity contribution in [3.63, 3.8) is 0 Å². The van der Waals surface area contributed by atoms with Crippen molar-refractivity contribution < 1.29 is 9.53 Å². The van der Waals surface area contributed by atoms with Crippen LogP contribution < -0.4 is 0 Å². The van der Waals surface area contributed by atoms with E-state index in [9.17, 15) is 4.79 Å². The van der Waals surface area contributed by atoms with Gasteiger partial charge in [-0.3, -0.25) is 0 Å². The van der Waals surface area contributed by atoms with E-state index in [0.29, 0.717) is 17.2 Å². The molecule has 0 aromatic heterocycles. The first-order valence-electron chi connectivity index (χ1n) is 7.82. The Morgan fingerprint density at radius 2 is 1.81 bits per heavy atom. The molecule has 0 atom stereocenters. The second-order valence-corrected chi connectivity index (χ2v) is 5.51. The molecule has 0 spiro atoms.